The summed E-state index contributed by atoms with van der Waals surface area (Å²) in [4.78, 5) is 4.45. The van der Waals surface area contributed by atoms with Crippen LogP contribution in [0, 0.1) is 0 Å². The molecule has 0 aliphatic heterocycles. The zero-order valence-electron chi connectivity index (χ0n) is 11.8. The quantitative estimate of drug-likeness (QED) is 0.772. The average molecular weight is 252 g/mol. The number of aromatic nitrogens is 1. The summed E-state index contributed by atoms with van der Waals surface area (Å²) in [5.74, 6) is 0.828. The molecule has 0 saturated heterocycles. The van der Waals surface area contributed by atoms with Gasteiger partial charge in [0.2, 0.25) is 0 Å². The van der Waals surface area contributed by atoms with Crippen molar-refractivity contribution in [2.24, 2.45) is 0 Å². The Labute approximate surface area is 110 Å². The highest BCUT2D eigenvalue weighted by Crippen LogP contribution is 2.26. The number of hydrogen-bond donors (Lipinski definition) is 1. The molecule has 1 N–H and O–H groups in total. The van der Waals surface area contributed by atoms with E-state index < -0.39 is 0 Å². The van der Waals surface area contributed by atoms with Gasteiger partial charge in [0.1, 0.15) is 5.75 Å². The van der Waals surface area contributed by atoms with Crippen molar-refractivity contribution in [3.63, 3.8) is 0 Å². The second-order valence-electron chi connectivity index (χ2n) is 4.38. The van der Waals surface area contributed by atoms with Gasteiger partial charge in [-0.05, 0) is 38.4 Å². The van der Waals surface area contributed by atoms with Gasteiger partial charge in [-0.25, -0.2) is 0 Å². The van der Waals surface area contributed by atoms with Crippen LogP contribution in [0.15, 0.2) is 18.3 Å². The van der Waals surface area contributed by atoms with E-state index in [9.17, 15) is 0 Å². The van der Waals surface area contributed by atoms with Gasteiger partial charge in [-0.2, -0.15) is 0 Å². The van der Waals surface area contributed by atoms with Crippen molar-refractivity contribution in [1.29, 1.82) is 0 Å². The normalized spacial score (nSPS) is 14.2. The van der Waals surface area contributed by atoms with E-state index in [0.717, 1.165) is 30.8 Å². The SMILES string of the molecule is CCCNC(CC(C)OC)c1ncccc1OC. The minimum Gasteiger partial charge on any atom is -0.495 e. The lowest BCUT2D eigenvalue weighted by Gasteiger charge is -2.22. The molecule has 0 saturated carbocycles. The van der Waals surface area contributed by atoms with Crippen LogP contribution < -0.4 is 10.1 Å². The molecule has 18 heavy (non-hydrogen) atoms. The average Bonchev–Trinajstić information content (AvgIpc) is 2.43. The van der Waals surface area contributed by atoms with Gasteiger partial charge >= 0.3 is 0 Å². The summed E-state index contributed by atoms with van der Waals surface area (Å²) >= 11 is 0. The molecular formula is C14H24N2O2. The fraction of sp³-hybridized carbons (Fsp3) is 0.643. The van der Waals surface area contributed by atoms with E-state index in [4.69, 9.17) is 9.47 Å². The minimum atomic E-state index is 0.163. The summed E-state index contributed by atoms with van der Waals surface area (Å²) in [5.41, 5.74) is 0.956. The predicted molar refractivity (Wildman–Crippen MR) is 72.9 cm³/mol. The van der Waals surface area contributed by atoms with Gasteiger partial charge < -0.3 is 14.8 Å². The number of hydrogen-bond acceptors (Lipinski definition) is 4. The van der Waals surface area contributed by atoms with Crippen molar-refractivity contribution in [2.75, 3.05) is 20.8 Å². The molecule has 0 fully saturated rings. The Hall–Kier alpha value is -1.13. The largest absolute Gasteiger partial charge is 0.495 e. The Balaban J connectivity index is 2.85. The molecule has 1 aromatic heterocycles. The maximum atomic E-state index is 5.38. The van der Waals surface area contributed by atoms with E-state index in [0.29, 0.717) is 0 Å². The molecule has 0 amide bonds. The maximum absolute atomic E-state index is 5.38. The van der Waals surface area contributed by atoms with Crippen LogP contribution in [0.3, 0.4) is 0 Å². The Bertz CT molecular complexity index is 344. The van der Waals surface area contributed by atoms with Crippen molar-refractivity contribution < 1.29 is 9.47 Å². The fourth-order valence-corrected chi connectivity index (χ4v) is 1.88. The third-order valence-corrected chi connectivity index (χ3v) is 2.96. The van der Waals surface area contributed by atoms with Crippen LogP contribution in [0.5, 0.6) is 5.75 Å². The van der Waals surface area contributed by atoms with Crippen LogP contribution in [0.2, 0.25) is 0 Å². The number of nitrogens with zero attached hydrogens (tertiary/aromatic N) is 1. The van der Waals surface area contributed by atoms with Gasteiger partial charge in [-0.3, -0.25) is 4.98 Å². The van der Waals surface area contributed by atoms with Crippen LogP contribution in [0.1, 0.15) is 38.4 Å². The van der Waals surface area contributed by atoms with Crippen LogP contribution in [-0.2, 0) is 4.74 Å². The number of methoxy groups -OCH3 is 2. The molecule has 0 aliphatic carbocycles. The molecule has 2 atom stereocenters. The zero-order chi connectivity index (χ0) is 13.4. The van der Waals surface area contributed by atoms with Gasteiger partial charge in [0.05, 0.1) is 24.9 Å². The Kier molecular flexibility index (Phi) is 6.68. The molecule has 1 aromatic rings. The number of rotatable bonds is 8. The van der Waals surface area contributed by atoms with E-state index in [-0.39, 0.29) is 12.1 Å². The lowest BCUT2D eigenvalue weighted by Crippen LogP contribution is -2.27. The minimum absolute atomic E-state index is 0.163. The molecule has 102 valence electrons. The number of pyridine rings is 1. The van der Waals surface area contributed by atoms with Crippen LogP contribution in [-0.4, -0.2) is 31.9 Å². The fourth-order valence-electron chi connectivity index (χ4n) is 1.88. The standard InChI is InChI=1S/C14H24N2O2/c1-5-8-15-12(10-11(2)17-3)14-13(18-4)7-6-9-16-14/h6-7,9,11-12,15H,5,8,10H2,1-4H3. The summed E-state index contributed by atoms with van der Waals surface area (Å²) in [7, 11) is 3.41. The first-order valence-electron chi connectivity index (χ1n) is 6.48. The molecule has 0 spiro atoms. The second kappa shape index (κ2) is 8.06. The highest BCUT2D eigenvalue weighted by Gasteiger charge is 2.19. The first kappa shape index (κ1) is 14.9. The summed E-state index contributed by atoms with van der Waals surface area (Å²) in [6, 6.07) is 4.00. The van der Waals surface area contributed by atoms with E-state index in [2.05, 4.69) is 24.1 Å². The van der Waals surface area contributed by atoms with Crippen molar-refractivity contribution in [3.05, 3.63) is 24.0 Å². The van der Waals surface area contributed by atoms with Crippen molar-refractivity contribution in [3.8, 4) is 5.75 Å². The van der Waals surface area contributed by atoms with Crippen molar-refractivity contribution >= 4 is 0 Å². The van der Waals surface area contributed by atoms with Crippen molar-refractivity contribution in [2.45, 2.75) is 38.8 Å². The van der Waals surface area contributed by atoms with Crippen LogP contribution >= 0.6 is 0 Å². The zero-order valence-corrected chi connectivity index (χ0v) is 11.8. The molecule has 1 heterocycles. The molecular weight excluding hydrogens is 228 g/mol. The van der Waals surface area contributed by atoms with Gasteiger partial charge in [0.15, 0.2) is 0 Å². The predicted octanol–water partition coefficient (Wildman–Crippen LogP) is 2.56. The lowest BCUT2D eigenvalue weighted by molar-refractivity contribution is 0.0995. The highest BCUT2D eigenvalue weighted by atomic mass is 16.5. The van der Waals surface area contributed by atoms with Crippen LogP contribution in [0.4, 0.5) is 0 Å². The molecule has 4 nitrogen and oxygen atoms in total. The van der Waals surface area contributed by atoms with Crippen LogP contribution in [0.25, 0.3) is 0 Å². The molecule has 0 aromatic carbocycles. The number of nitrogens with one attached hydrogen (secondary N) is 1. The Morgan fingerprint density at radius 2 is 2.17 bits per heavy atom. The lowest BCUT2D eigenvalue weighted by atomic mass is 10.0. The smallest absolute Gasteiger partial charge is 0.141 e. The highest BCUT2D eigenvalue weighted by molar-refractivity contribution is 5.29. The van der Waals surface area contributed by atoms with Gasteiger partial charge in [0.25, 0.3) is 0 Å². The monoisotopic (exact) mass is 252 g/mol. The summed E-state index contributed by atoms with van der Waals surface area (Å²) in [6.45, 7) is 5.18. The summed E-state index contributed by atoms with van der Waals surface area (Å²) in [5, 5.41) is 3.50. The summed E-state index contributed by atoms with van der Waals surface area (Å²) < 4.78 is 10.7. The first-order chi connectivity index (χ1) is 8.72. The third kappa shape index (κ3) is 4.27. The van der Waals surface area contributed by atoms with E-state index in [1.165, 1.54) is 0 Å². The van der Waals surface area contributed by atoms with E-state index in [1.54, 1.807) is 20.4 Å². The maximum Gasteiger partial charge on any atom is 0.141 e. The molecule has 0 bridgehead atoms. The Morgan fingerprint density at radius 1 is 1.39 bits per heavy atom. The molecule has 0 aliphatic rings. The third-order valence-electron chi connectivity index (χ3n) is 2.96. The van der Waals surface area contributed by atoms with E-state index in [1.807, 2.05) is 12.1 Å². The molecule has 0 radical (unpaired) electrons. The first-order valence-corrected chi connectivity index (χ1v) is 6.48. The van der Waals surface area contributed by atoms with Gasteiger partial charge in [-0.1, -0.05) is 6.92 Å². The molecule has 2 unspecified atom stereocenters. The van der Waals surface area contributed by atoms with Gasteiger partial charge in [-0.15, -0.1) is 0 Å². The number of ether oxygens (including phenoxy) is 2. The topological polar surface area (TPSA) is 43.4 Å². The van der Waals surface area contributed by atoms with Gasteiger partial charge in [0, 0.05) is 13.3 Å². The molecule has 4 heteroatoms. The van der Waals surface area contributed by atoms with Crippen molar-refractivity contribution in [1.82, 2.24) is 10.3 Å². The second-order valence-corrected chi connectivity index (χ2v) is 4.38. The molecule has 1 rings (SSSR count). The Morgan fingerprint density at radius 3 is 2.78 bits per heavy atom. The summed E-state index contributed by atoms with van der Waals surface area (Å²) in [6.07, 6.45) is 3.96. The van der Waals surface area contributed by atoms with E-state index >= 15 is 0 Å².